The average molecular weight is 321 g/mol. The van der Waals surface area contributed by atoms with Gasteiger partial charge in [-0.2, -0.15) is 0 Å². The molecule has 1 amide bonds. The van der Waals surface area contributed by atoms with Crippen LogP contribution in [0.3, 0.4) is 0 Å². The summed E-state index contributed by atoms with van der Waals surface area (Å²) in [6, 6.07) is 0.464. The second-order valence-corrected chi connectivity index (χ2v) is 7.80. The minimum atomic E-state index is 0.249. The molecule has 0 spiro atoms. The summed E-state index contributed by atoms with van der Waals surface area (Å²) in [6.45, 7) is 1.91. The van der Waals surface area contributed by atoms with E-state index in [1.807, 2.05) is 4.68 Å². The smallest absolute Gasteiger partial charge is 0.233 e. The fourth-order valence-corrected chi connectivity index (χ4v) is 4.72. The van der Waals surface area contributed by atoms with Gasteiger partial charge in [0.2, 0.25) is 11.1 Å². The number of hydrogen-bond acceptors (Lipinski definition) is 5. The van der Waals surface area contributed by atoms with Gasteiger partial charge in [-0.15, -0.1) is 5.10 Å². The lowest BCUT2D eigenvalue weighted by Crippen LogP contribution is -2.45. The predicted octanol–water partition coefficient (Wildman–Crippen LogP) is 2.14. The molecule has 120 valence electrons. The van der Waals surface area contributed by atoms with Crippen molar-refractivity contribution in [3.8, 4) is 0 Å². The molecule has 1 aromatic heterocycles. The molecule has 6 nitrogen and oxygen atoms in total. The lowest BCUT2D eigenvalue weighted by molar-refractivity contribution is -0.131. The Morgan fingerprint density at radius 2 is 1.95 bits per heavy atom. The standard InChI is InChI=1S/C15H23N5OS/c21-14(10-22-15-16-17-18-20(15)13-5-6-13)19-8-7-11-3-1-2-4-12(11)9-19/h11-13H,1-10H2/t11-,12+/m1/s1. The first-order valence-electron chi connectivity index (χ1n) is 8.49. The molecular formula is C15H23N5OS. The number of aromatic nitrogens is 4. The lowest BCUT2D eigenvalue weighted by Gasteiger charge is -2.41. The zero-order valence-corrected chi connectivity index (χ0v) is 13.7. The Hall–Kier alpha value is -1.11. The van der Waals surface area contributed by atoms with Gasteiger partial charge in [0.25, 0.3) is 0 Å². The van der Waals surface area contributed by atoms with Crippen LogP contribution in [0.4, 0.5) is 0 Å². The van der Waals surface area contributed by atoms with E-state index in [-0.39, 0.29) is 5.91 Å². The summed E-state index contributed by atoms with van der Waals surface area (Å²) in [4.78, 5) is 14.6. The van der Waals surface area contributed by atoms with Crippen LogP contribution in [0, 0.1) is 11.8 Å². The van der Waals surface area contributed by atoms with E-state index >= 15 is 0 Å². The number of hydrogen-bond donors (Lipinski definition) is 0. The Kier molecular flexibility index (Phi) is 4.07. The Labute approximate surface area is 135 Å². The number of rotatable bonds is 4. The SMILES string of the molecule is O=C(CSc1nnnn1C1CC1)N1CC[C@H]2CCCC[C@H]2C1. The molecule has 0 aromatic carbocycles. The average Bonchev–Trinajstić information content (AvgIpc) is 3.30. The molecule has 2 aliphatic carbocycles. The van der Waals surface area contributed by atoms with Crippen LogP contribution in [-0.4, -0.2) is 49.9 Å². The van der Waals surface area contributed by atoms with Crippen LogP contribution < -0.4 is 0 Å². The molecule has 1 aliphatic heterocycles. The molecule has 3 fully saturated rings. The zero-order chi connectivity index (χ0) is 14.9. The number of nitrogens with zero attached hydrogens (tertiary/aromatic N) is 5. The van der Waals surface area contributed by atoms with Crippen LogP contribution in [-0.2, 0) is 4.79 Å². The van der Waals surface area contributed by atoms with E-state index in [1.54, 1.807) is 0 Å². The first kappa shape index (κ1) is 14.5. The number of piperidine rings is 1. The van der Waals surface area contributed by atoms with E-state index in [1.165, 1.54) is 43.9 Å². The van der Waals surface area contributed by atoms with E-state index in [2.05, 4.69) is 20.4 Å². The number of likely N-dealkylation sites (tertiary alicyclic amines) is 1. The van der Waals surface area contributed by atoms with Gasteiger partial charge in [0.1, 0.15) is 0 Å². The highest BCUT2D eigenvalue weighted by molar-refractivity contribution is 7.99. The van der Waals surface area contributed by atoms with Crippen molar-refractivity contribution in [1.29, 1.82) is 0 Å². The highest BCUT2D eigenvalue weighted by Gasteiger charge is 2.33. The molecule has 2 heterocycles. The van der Waals surface area contributed by atoms with Crippen molar-refractivity contribution in [3.63, 3.8) is 0 Å². The van der Waals surface area contributed by atoms with Gasteiger partial charge in [0, 0.05) is 13.1 Å². The summed E-state index contributed by atoms with van der Waals surface area (Å²) in [5.41, 5.74) is 0. The summed E-state index contributed by atoms with van der Waals surface area (Å²) in [6.07, 6.45) is 8.91. The van der Waals surface area contributed by atoms with Crippen molar-refractivity contribution < 1.29 is 4.79 Å². The van der Waals surface area contributed by atoms with Crippen LogP contribution in [0.1, 0.15) is 51.0 Å². The first-order valence-corrected chi connectivity index (χ1v) is 9.48. The summed E-state index contributed by atoms with van der Waals surface area (Å²) in [5, 5.41) is 12.6. The Morgan fingerprint density at radius 3 is 2.77 bits per heavy atom. The van der Waals surface area contributed by atoms with E-state index in [0.29, 0.717) is 11.8 Å². The van der Waals surface area contributed by atoms with Crippen molar-refractivity contribution in [3.05, 3.63) is 0 Å². The van der Waals surface area contributed by atoms with Crippen molar-refractivity contribution in [2.45, 2.75) is 56.1 Å². The van der Waals surface area contributed by atoms with Gasteiger partial charge < -0.3 is 4.90 Å². The molecule has 1 aromatic rings. The van der Waals surface area contributed by atoms with E-state index < -0.39 is 0 Å². The third kappa shape index (κ3) is 3.00. The predicted molar refractivity (Wildman–Crippen MR) is 83.5 cm³/mol. The summed E-state index contributed by atoms with van der Waals surface area (Å²) < 4.78 is 1.88. The van der Waals surface area contributed by atoms with Gasteiger partial charge in [-0.1, -0.05) is 31.0 Å². The van der Waals surface area contributed by atoms with Crippen LogP contribution in [0.2, 0.25) is 0 Å². The molecule has 4 rings (SSSR count). The molecule has 1 saturated heterocycles. The van der Waals surface area contributed by atoms with E-state index in [4.69, 9.17) is 0 Å². The molecule has 2 saturated carbocycles. The Balaban J connectivity index is 1.31. The van der Waals surface area contributed by atoms with Crippen molar-refractivity contribution in [2.24, 2.45) is 11.8 Å². The van der Waals surface area contributed by atoms with Gasteiger partial charge in [-0.25, -0.2) is 4.68 Å². The maximum Gasteiger partial charge on any atom is 0.233 e. The Bertz CT molecular complexity index is 544. The number of fused-ring (bicyclic) bond motifs is 1. The monoisotopic (exact) mass is 321 g/mol. The summed E-state index contributed by atoms with van der Waals surface area (Å²) >= 11 is 1.49. The summed E-state index contributed by atoms with van der Waals surface area (Å²) in [5.74, 6) is 2.32. The maximum atomic E-state index is 12.5. The van der Waals surface area contributed by atoms with Crippen molar-refractivity contribution >= 4 is 17.7 Å². The molecule has 0 N–H and O–H groups in total. The largest absolute Gasteiger partial charge is 0.342 e. The fraction of sp³-hybridized carbons (Fsp3) is 0.867. The van der Waals surface area contributed by atoms with Gasteiger partial charge in [-0.05, 0) is 47.9 Å². The lowest BCUT2D eigenvalue weighted by atomic mass is 9.75. The molecular weight excluding hydrogens is 298 g/mol. The van der Waals surface area contributed by atoms with Gasteiger partial charge in [0.05, 0.1) is 11.8 Å². The van der Waals surface area contributed by atoms with Crippen LogP contribution in [0.15, 0.2) is 5.16 Å². The first-order chi connectivity index (χ1) is 10.8. The zero-order valence-electron chi connectivity index (χ0n) is 12.9. The maximum absolute atomic E-state index is 12.5. The quantitative estimate of drug-likeness (QED) is 0.795. The second-order valence-electron chi connectivity index (χ2n) is 6.86. The molecule has 3 aliphatic rings. The Morgan fingerprint density at radius 1 is 1.14 bits per heavy atom. The molecule has 7 heteroatoms. The molecule has 2 atom stereocenters. The summed E-state index contributed by atoms with van der Waals surface area (Å²) in [7, 11) is 0. The van der Waals surface area contributed by atoms with Crippen LogP contribution in [0.5, 0.6) is 0 Å². The van der Waals surface area contributed by atoms with E-state index in [9.17, 15) is 4.79 Å². The minimum Gasteiger partial charge on any atom is -0.342 e. The van der Waals surface area contributed by atoms with Gasteiger partial charge in [-0.3, -0.25) is 4.79 Å². The topological polar surface area (TPSA) is 63.9 Å². The molecule has 22 heavy (non-hydrogen) atoms. The highest BCUT2D eigenvalue weighted by atomic mass is 32.2. The highest BCUT2D eigenvalue weighted by Crippen LogP contribution is 2.37. The number of amides is 1. The third-order valence-electron chi connectivity index (χ3n) is 5.32. The van der Waals surface area contributed by atoms with Crippen LogP contribution in [0.25, 0.3) is 0 Å². The molecule has 0 radical (unpaired) electrons. The van der Waals surface area contributed by atoms with Gasteiger partial charge in [0.15, 0.2) is 0 Å². The van der Waals surface area contributed by atoms with Crippen LogP contribution >= 0.6 is 11.8 Å². The number of tetrazole rings is 1. The molecule has 0 unspecified atom stereocenters. The second kappa shape index (κ2) is 6.18. The van der Waals surface area contributed by atoms with Crippen molar-refractivity contribution in [2.75, 3.05) is 18.8 Å². The van der Waals surface area contributed by atoms with Crippen molar-refractivity contribution in [1.82, 2.24) is 25.1 Å². The molecule has 0 bridgehead atoms. The number of thioether (sulfide) groups is 1. The normalized spacial score (nSPS) is 28.5. The number of carbonyl (C=O) groups is 1. The van der Waals surface area contributed by atoms with E-state index in [0.717, 1.165) is 42.9 Å². The van der Waals surface area contributed by atoms with Gasteiger partial charge >= 0.3 is 0 Å². The third-order valence-corrected chi connectivity index (χ3v) is 6.24. The number of carbonyl (C=O) groups excluding carboxylic acids is 1. The fourth-order valence-electron chi connectivity index (χ4n) is 3.87. The minimum absolute atomic E-state index is 0.249.